The Balaban J connectivity index is 2.54. The molecule has 0 aromatic heterocycles. The van der Waals surface area contributed by atoms with Crippen LogP contribution < -0.4 is 0 Å². The predicted molar refractivity (Wildman–Crippen MR) is 29.2 cm³/mol. The van der Waals surface area contributed by atoms with E-state index in [4.69, 9.17) is 5.11 Å². The first-order valence-corrected chi connectivity index (χ1v) is 2.75. The van der Waals surface area contributed by atoms with Gasteiger partial charge in [-0.3, -0.25) is 0 Å². The molecule has 2 unspecified atom stereocenters. The fourth-order valence-corrected chi connectivity index (χ4v) is 0.973. The second-order valence-electron chi connectivity index (χ2n) is 2.23. The molecule has 1 saturated carbocycles. The average molecular weight is 134 g/mol. The van der Waals surface area contributed by atoms with Crippen LogP contribution in [0.4, 0.5) is 8.78 Å². The largest absolute Gasteiger partial charge is 0.396 e. The molecular weight excluding hydrogens is 126 g/mol. The van der Waals surface area contributed by atoms with Gasteiger partial charge in [0.15, 0.2) is 0 Å². The summed E-state index contributed by atoms with van der Waals surface area (Å²) in [5.74, 6) is -4.34. The van der Waals surface area contributed by atoms with Gasteiger partial charge in [0.1, 0.15) is 0 Å². The molecule has 0 saturated heterocycles. The van der Waals surface area contributed by atoms with Gasteiger partial charge in [-0.25, -0.2) is 8.78 Å². The van der Waals surface area contributed by atoms with Crippen molar-refractivity contribution >= 4 is 0 Å². The summed E-state index contributed by atoms with van der Waals surface area (Å²) >= 11 is 0. The Bertz CT molecular complexity index is 133. The summed E-state index contributed by atoms with van der Waals surface area (Å²) in [6.07, 6.45) is 1.20. The van der Waals surface area contributed by atoms with Crippen LogP contribution in [0.3, 0.4) is 0 Å². The highest BCUT2D eigenvalue weighted by atomic mass is 19.3. The standard InChI is InChI=1S/C6H8F2O/c1-2-4-5(3-9)6(4,7)8/h2,4-5,9H,1,3H2. The molecule has 2 atom stereocenters. The fraction of sp³-hybridized carbons (Fsp3) is 0.667. The molecule has 1 aliphatic carbocycles. The highest BCUT2D eigenvalue weighted by molar-refractivity contribution is 5.12. The SMILES string of the molecule is C=CC1C(CO)C1(F)F. The van der Waals surface area contributed by atoms with Crippen LogP contribution >= 0.6 is 0 Å². The molecule has 9 heavy (non-hydrogen) atoms. The summed E-state index contributed by atoms with van der Waals surface area (Å²) in [7, 11) is 0. The Morgan fingerprint density at radius 3 is 2.33 bits per heavy atom. The quantitative estimate of drug-likeness (QED) is 0.559. The minimum absolute atomic E-state index is 0.441. The average Bonchev–Trinajstić information content (AvgIpc) is 2.32. The van der Waals surface area contributed by atoms with Crippen molar-refractivity contribution < 1.29 is 13.9 Å². The first-order chi connectivity index (χ1) is 4.14. The molecule has 1 nitrogen and oxygen atoms in total. The lowest BCUT2D eigenvalue weighted by atomic mass is 10.3. The molecule has 1 aliphatic rings. The molecule has 1 rings (SSSR count). The van der Waals surface area contributed by atoms with E-state index in [0.717, 1.165) is 0 Å². The Labute approximate surface area is 52.0 Å². The van der Waals surface area contributed by atoms with E-state index in [1.54, 1.807) is 0 Å². The second kappa shape index (κ2) is 1.77. The second-order valence-corrected chi connectivity index (χ2v) is 2.23. The van der Waals surface area contributed by atoms with Crippen molar-refractivity contribution in [2.24, 2.45) is 11.8 Å². The number of rotatable bonds is 2. The number of allylic oxidation sites excluding steroid dienone is 1. The monoisotopic (exact) mass is 134 g/mol. The predicted octanol–water partition coefficient (Wildman–Crippen LogP) is 1.05. The lowest BCUT2D eigenvalue weighted by molar-refractivity contribution is 0.0763. The third-order valence-corrected chi connectivity index (χ3v) is 1.71. The van der Waals surface area contributed by atoms with E-state index in [9.17, 15) is 8.78 Å². The molecule has 1 N–H and O–H groups in total. The number of hydrogen-bond acceptors (Lipinski definition) is 1. The summed E-state index contributed by atoms with van der Waals surface area (Å²) in [6.45, 7) is 2.78. The van der Waals surface area contributed by atoms with Crippen molar-refractivity contribution in [3.63, 3.8) is 0 Å². The van der Waals surface area contributed by atoms with E-state index in [2.05, 4.69) is 6.58 Å². The smallest absolute Gasteiger partial charge is 0.260 e. The van der Waals surface area contributed by atoms with Gasteiger partial charge in [0, 0.05) is 0 Å². The maximum absolute atomic E-state index is 12.2. The lowest BCUT2D eigenvalue weighted by Crippen LogP contribution is -1.96. The van der Waals surface area contributed by atoms with Crippen molar-refractivity contribution in [3.8, 4) is 0 Å². The van der Waals surface area contributed by atoms with Gasteiger partial charge in [-0.2, -0.15) is 0 Å². The third kappa shape index (κ3) is 0.758. The highest BCUT2D eigenvalue weighted by Crippen LogP contribution is 2.55. The van der Waals surface area contributed by atoms with Crippen molar-refractivity contribution in [1.29, 1.82) is 0 Å². The van der Waals surface area contributed by atoms with Crippen molar-refractivity contribution in [1.82, 2.24) is 0 Å². The van der Waals surface area contributed by atoms with Gasteiger partial charge in [0.05, 0.1) is 18.4 Å². The normalized spacial score (nSPS) is 38.1. The Morgan fingerprint density at radius 1 is 1.67 bits per heavy atom. The summed E-state index contributed by atoms with van der Waals surface area (Å²) < 4.78 is 24.5. The number of aliphatic hydroxyl groups is 1. The molecule has 0 aromatic carbocycles. The molecular formula is C6H8F2O. The van der Waals surface area contributed by atoms with Crippen molar-refractivity contribution in [2.45, 2.75) is 5.92 Å². The Morgan fingerprint density at radius 2 is 2.22 bits per heavy atom. The molecule has 0 spiro atoms. The van der Waals surface area contributed by atoms with Crippen LogP contribution in [0.5, 0.6) is 0 Å². The highest BCUT2D eigenvalue weighted by Gasteiger charge is 2.66. The number of halogens is 2. The van der Waals surface area contributed by atoms with Crippen LogP contribution in [0.25, 0.3) is 0 Å². The minimum Gasteiger partial charge on any atom is -0.396 e. The number of aliphatic hydroxyl groups excluding tert-OH is 1. The maximum Gasteiger partial charge on any atom is 0.260 e. The maximum atomic E-state index is 12.2. The first kappa shape index (κ1) is 6.68. The summed E-state index contributed by atoms with van der Waals surface area (Å²) in [5, 5.41) is 8.32. The zero-order valence-electron chi connectivity index (χ0n) is 4.85. The van der Waals surface area contributed by atoms with Crippen LogP contribution in [-0.2, 0) is 0 Å². The Hall–Kier alpha value is -0.440. The van der Waals surface area contributed by atoms with E-state index < -0.39 is 24.4 Å². The fourth-order valence-electron chi connectivity index (χ4n) is 0.973. The zero-order valence-corrected chi connectivity index (χ0v) is 4.85. The van der Waals surface area contributed by atoms with Crippen LogP contribution in [-0.4, -0.2) is 17.6 Å². The Kier molecular flexibility index (Phi) is 1.31. The molecule has 0 radical (unpaired) electrons. The van der Waals surface area contributed by atoms with Gasteiger partial charge >= 0.3 is 0 Å². The summed E-state index contributed by atoms with van der Waals surface area (Å²) in [6, 6.07) is 0. The summed E-state index contributed by atoms with van der Waals surface area (Å²) in [4.78, 5) is 0. The van der Waals surface area contributed by atoms with Crippen LogP contribution in [0.15, 0.2) is 12.7 Å². The van der Waals surface area contributed by atoms with E-state index in [0.29, 0.717) is 0 Å². The summed E-state index contributed by atoms with van der Waals surface area (Å²) in [5.41, 5.74) is 0. The third-order valence-electron chi connectivity index (χ3n) is 1.71. The number of hydrogen-bond donors (Lipinski definition) is 1. The van der Waals surface area contributed by atoms with E-state index in [1.807, 2.05) is 0 Å². The van der Waals surface area contributed by atoms with Gasteiger partial charge in [-0.05, 0) is 0 Å². The molecule has 0 amide bonds. The van der Waals surface area contributed by atoms with Crippen LogP contribution in [0.1, 0.15) is 0 Å². The van der Waals surface area contributed by atoms with Crippen LogP contribution in [0, 0.1) is 11.8 Å². The topological polar surface area (TPSA) is 20.2 Å². The van der Waals surface area contributed by atoms with E-state index in [-0.39, 0.29) is 0 Å². The van der Waals surface area contributed by atoms with Gasteiger partial charge in [0.25, 0.3) is 5.92 Å². The van der Waals surface area contributed by atoms with Gasteiger partial charge < -0.3 is 5.11 Å². The van der Waals surface area contributed by atoms with Crippen molar-refractivity contribution in [3.05, 3.63) is 12.7 Å². The lowest BCUT2D eigenvalue weighted by Gasteiger charge is -1.87. The molecule has 1 fully saturated rings. The van der Waals surface area contributed by atoms with Gasteiger partial charge in [-0.1, -0.05) is 6.08 Å². The number of alkyl halides is 2. The minimum atomic E-state index is -2.68. The zero-order chi connectivity index (χ0) is 7.07. The molecule has 0 aliphatic heterocycles. The molecule has 0 bridgehead atoms. The van der Waals surface area contributed by atoms with E-state index in [1.165, 1.54) is 6.08 Å². The molecule has 0 aromatic rings. The van der Waals surface area contributed by atoms with Gasteiger partial charge in [-0.15, -0.1) is 6.58 Å². The molecule has 52 valence electrons. The van der Waals surface area contributed by atoms with E-state index >= 15 is 0 Å². The molecule has 3 heteroatoms. The molecule has 0 heterocycles. The van der Waals surface area contributed by atoms with Crippen molar-refractivity contribution in [2.75, 3.05) is 6.61 Å². The van der Waals surface area contributed by atoms with Crippen LogP contribution in [0.2, 0.25) is 0 Å². The van der Waals surface area contributed by atoms with Gasteiger partial charge in [0.2, 0.25) is 0 Å². The first-order valence-electron chi connectivity index (χ1n) is 2.75.